The summed E-state index contributed by atoms with van der Waals surface area (Å²) in [6, 6.07) is 0. The number of fused-ring (bicyclic) bond motifs is 5. The van der Waals surface area contributed by atoms with E-state index in [0.717, 1.165) is 44.9 Å². The summed E-state index contributed by atoms with van der Waals surface area (Å²) in [6.07, 6.45) is 9.91. The number of carbonyl (C=O) groups is 3. The molecule has 3 saturated carbocycles. The molecule has 0 heterocycles. The van der Waals surface area contributed by atoms with Gasteiger partial charge in [0.25, 0.3) is 0 Å². The molecule has 6 heteroatoms. The summed E-state index contributed by atoms with van der Waals surface area (Å²) in [6.45, 7) is 4.45. The molecular weight excluding hydrogens is 368 g/mol. The van der Waals surface area contributed by atoms with E-state index in [1.165, 1.54) is 5.57 Å². The summed E-state index contributed by atoms with van der Waals surface area (Å²) < 4.78 is 5.85. The molecule has 0 aromatic rings. The van der Waals surface area contributed by atoms with Gasteiger partial charge in [0.15, 0.2) is 5.78 Å². The lowest BCUT2D eigenvalue weighted by Gasteiger charge is -2.57. The topological polar surface area (TPSA) is 98.5 Å². The standard InChI is InChI=1S/C23H34N2O4/c1-22-9-7-15(26)11-14(22)3-4-16-17-5-6-19(23(17,2)10-8-18(16)22)29-21(28)13-25-20(27)12-24/h11,16-19H,3-10,12-13,24H2,1-2H3,(H,25,27). The molecule has 1 amide bonds. The summed E-state index contributed by atoms with van der Waals surface area (Å²) in [5, 5.41) is 2.50. The van der Waals surface area contributed by atoms with Gasteiger partial charge in [-0.2, -0.15) is 0 Å². The highest BCUT2D eigenvalue weighted by Gasteiger charge is 2.59. The highest BCUT2D eigenvalue weighted by atomic mass is 16.5. The van der Waals surface area contributed by atoms with Crippen molar-refractivity contribution in [3.8, 4) is 0 Å². The van der Waals surface area contributed by atoms with Gasteiger partial charge in [-0.25, -0.2) is 0 Å². The zero-order valence-electron chi connectivity index (χ0n) is 17.7. The van der Waals surface area contributed by atoms with Crippen LogP contribution < -0.4 is 11.1 Å². The molecule has 6 unspecified atom stereocenters. The van der Waals surface area contributed by atoms with Crippen molar-refractivity contribution < 1.29 is 19.1 Å². The normalized spacial score (nSPS) is 40.9. The molecule has 3 fully saturated rings. The second-order valence-corrected chi connectivity index (χ2v) is 10.1. The molecule has 6 nitrogen and oxygen atoms in total. The van der Waals surface area contributed by atoms with Crippen LogP contribution in [0.25, 0.3) is 0 Å². The van der Waals surface area contributed by atoms with E-state index in [9.17, 15) is 14.4 Å². The van der Waals surface area contributed by atoms with Gasteiger partial charge in [-0.3, -0.25) is 14.4 Å². The van der Waals surface area contributed by atoms with E-state index >= 15 is 0 Å². The number of ketones is 1. The first-order valence-electron chi connectivity index (χ1n) is 11.2. The van der Waals surface area contributed by atoms with Crippen molar-refractivity contribution in [2.24, 2.45) is 34.3 Å². The van der Waals surface area contributed by atoms with Gasteiger partial charge in [-0.1, -0.05) is 19.4 Å². The Morgan fingerprint density at radius 1 is 1.14 bits per heavy atom. The van der Waals surface area contributed by atoms with E-state index < -0.39 is 0 Å². The number of nitrogens with two attached hydrogens (primary N) is 1. The highest BCUT2D eigenvalue weighted by molar-refractivity contribution is 5.91. The first kappa shape index (κ1) is 20.6. The van der Waals surface area contributed by atoms with Crippen molar-refractivity contribution in [1.29, 1.82) is 0 Å². The fourth-order valence-corrected chi connectivity index (χ4v) is 7.15. The Hall–Kier alpha value is -1.69. The van der Waals surface area contributed by atoms with Crippen LogP contribution in [0.1, 0.15) is 65.2 Å². The quantitative estimate of drug-likeness (QED) is 0.704. The Kier molecular flexibility index (Phi) is 5.34. The molecule has 29 heavy (non-hydrogen) atoms. The maximum Gasteiger partial charge on any atom is 0.325 e. The van der Waals surface area contributed by atoms with Crippen molar-refractivity contribution in [2.75, 3.05) is 13.1 Å². The number of rotatable bonds is 4. The SMILES string of the molecule is CC12CCC(=O)C=C1CCC1C2CCC2(C)C(OC(=O)CNC(=O)CN)CCC12. The third-order valence-electron chi connectivity index (χ3n) is 8.76. The van der Waals surface area contributed by atoms with E-state index in [0.29, 0.717) is 30.0 Å². The van der Waals surface area contributed by atoms with Crippen LogP contribution in [0.3, 0.4) is 0 Å². The van der Waals surface area contributed by atoms with Gasteiger partial charge in [0.1, 0.15) is 12.6 Å². The maximum atomic E-state index is 12.3. The fourth-order valence-electron chi connectivity index (χ4n) is 7.15. The van der Waals surface area contributed by atoms with Gasteiger partial charge < -0.3 is 15.8 Å². The molecule has 6 atom stereocenters. The zero-order chi connectivity index (χ0) is 20.8. The maximum absolute atomic E-state index is 12.3. The third kappa shape index (κ3) is 3.43. The molecule has 0 aromatic heterocycles. The Balaban J connectivity index is 1.46. The Labute approximate surface area is 173 Å². The van der Waals surface area contributed by atoms with Crippen LogP contribution in [0.2, 0.25) is 0 Å². The summed E-state index contributed by atoms with van der Waals surface area (Å²) >= 11 is 0. The molecule has 4 aliphatic rings. The lowest BCUT2D eigenvalue weighted by atomic mass is 9.47. The molecule has 0 spiro atoms. The number of carbonyl (C=O) groups excluding carboxylic acids is 3. The predicted molar refractivity (Wildman–Crippen MR) is 109 cm³/mol. The highest BCUT2D eigenvalue weighted by Crippen LogP contribution is 2.65. The lowest BCUT2D eigenvalue weighted by Crippen LogP contribution is -2.52. The van der Waals surface area contributed by atoms with Crippen LogP contribution in [0.15, 0.2) is 11.6 Å². The molecule has 0 aromatic carbocycles. The number of esters is 1. The van der Waals surface area contributed by atoms with Crippen LogP contribution in [0, 0.1) is 28.6 Å². The van der Waals surface area contributed by atoms with Crippen molar-refractivity contribution in [2.45, 2.75) is 71.3 Å². The second-order valence-electron chi connectivity index (χ2n) is 10.1. The molecule has 160 valence electrons. The Bertz CT molecular complexity index is 747. The molecule has 0 radical (unpaired) electrons. The summed E-state index contributed by atoms with van der Waals surface area (Å²) in [5.74, 6) is 1.42. The van der Waals surface area contributed by atoms with Gasteiger partial charge in [-0.15, -0.1) is 0 Å². The van der Waals surface area contributed by atoms with Crippen LogP contribution >= 0.6 is 0 Å². The minimum Gasteiger partial charge on any atom is -0.460 e. The van der Waals surface area contributed by atoms with Crippen molar-refractivity contribution >= 4 is 17.7 Å². The Morgan fingerprint density at radius 3 is 2.69 bits per heavy atom. The minimum absolute atomic E-state index is 0.0107. The predicted octanol–water partition coefficient (Wildman–Crippen LogP) is 2.51. The zero-order valence-corrected chi connectivity index (χ0v) is 17.7. The van der Waals surface area contributed by atoms with Gasteiger partial charge >= 0.3 is 5.97 Å². The smallest absolute Gasteiger partial charge is 0.325 e. The van der Waals surface area contributed by atoms with E-state index in [1.54, 1.807) is 0 Å². The Morgan fingerprint density at radius 2 is 1.93 bits per heavy atom. The monoisotopic (exact) mass is 402 g/mol. The minimum atomic E-state index is -0.368. The van der Waals surface area contributed by atoms with Gasteiger partial charge in [0.05, 0.1) is 6.54 Å². The van der Waals surface area contributed by atoms with Gasteiger partial charge in [0.2, 0.25) is 5.91 Å². The molecule has 3 N–H and O–H groups in total. The van der Waals surface area contributed by atoms with Crippen LogP contribution in [0.5, 0.6) is 0 Å². The van der Waals surface area contributed by atoms with E-state index in [1.807, 2.05) is 6.08 Å². The average molecular weight is 403 g/mol. The number of amides is 1. The molecular formula is C23H34N2O4. The second kappa shape index (κ2) is 7.53. The first-order valence-corrected chi connectivity index (χ1v) is 11.2. The number of ether oxygens (including phenoxy) is 1. The fraction of sp³-hybridized carbons (Fsp3) is 0.783. The number of allylic oxidation sites excluding steroid dienone is 1. The van der Waals surface area contributed by atoms with E-state index in [2.05, 4.69) is 19.2 Å². The first-order chi connectivity index (χ1) is 13.8. The number of hydrogen-bond donors (Lipinski definition) is 2. The average Bonchev–Trinajstić information content (AvgIpc) is 3.03. The van der Waals surface area contributed by atoms with Crippen LogP contribution in [0.4, 0.5) is 0 Å². The van der Waals surface area contributed by atoms with Crippen molar-refractivity contribution in [3.63, 3.8) is 0 Å². The van der Waals surface area contributed by atoms with Crippen molar-refractivity contribution in [1.82, 2.24) is 5.32 Å². The third-order valence-corrected chi connectivity index (χ3v) is 8.76. The van der Waals surface area contributed by atoms with E-state index in [4.69, 9.17) is 10.5 Å². The summed E-state index contributed by atoms with van der Waals surface area (Å²) in [7, 11) is 0. The molecule has 0 aliphatic heterocycles. The largest absolute Gasteiger partial charge is 0.460 e. The van der Waals surface area contributed by atoms with Gasteiger partial charge in [-0.05, 0) is 74.2 Å². The summed E-state index contributed by atoms with van der Waals surface area (Å²) in [5.41, 5.74) is 6.83. The molecule has 4 aliphatic carbocycles. The summed E-state index contributed by atoms with van der Waals surface area (Å²) in [4.78, 5) is 35.5. The number of hydrogen-bond acceptors (Lipinski definition) is 5. The van der Waals surface area contributed by atoms with E-state index in [-0.39, 0.29) is 41.9 Å². The van der Waals surface area contributed by atoms with Crippen molar-refractivity contribution in [3.05, 3.63) is 11.6 Å². The molecule has 0 bridgehead atoms. The molecule has 4 rings (SSSR count). The van der Waals surface area contributed by atoms with Crippen LogP contribution in [-0.4, -0.2) is 36.9 Å². The molecule has 0 saturated heterocycles. The van der Waals surface area contributed by atoms with Gasteiger partial charge in [0, 0.05) is 11.8 Å². The van der Waals surface area contributed by atoms with Crippen LogP contribution in [-0.2, 0) is 19.1 Å². The lowest BCUT2D eigenvalue weighted by molar-refractivity contribution is -0.159. The number of nitrogens with one attached hydrogen (secondary N) is 1.